The second-order valence-corrected chi connectivity index (χ2v) is 5.51. The largest absolute Gasteiger partial charge is 0.493 e. The van der Waals surface area contributed by atoms with Crippen molar-refractivity contribution >= 4 is 23.6 Å². The summed E-state index contributed by atoms with van der Waals surface area (Å²) in [6.45, 7) is 2.12. The predicted molar refractivity (Wildman–Crippen MR) is 77.4 cm³/mol. The Morgan fingerprint density at radius 1 is 1.22 bits per heavy atom. The Hall–Kier alpha value is -1.33. The molecule has 0 aliphatic rings. The van der Waals surface area contributed by atoms with Crippen molar-refractivity contribution in [3.63, 3.8) is 0 Å². The molecule has 0 fully saturated rings. The molecule has 1 heterocycles. The zero-order valence-corrected chi connectivity index (χ0v) is 12.2. The third-order valence-corrected chi connectivity index (χ3v) is 4.09. The van der Waals surface area contributed by atoms with E-state index in [9.17, 15) is 0 Å². The summed E-state index contributed by atoms with van der Waals surface area (Å²) in [6.07, 6.45) is 0.960. The van der Waals surface area contributed by atoms with Crippen LogP contribution in [0.5, 0.6) is 11.5 Å². The normalized spacial score (nSPS) is 10.4. The lowest BCUT2D eigenvalue weighted by Gasteiger charge is -2.09. The Kier molecular flexibility index (Phi) is 4.04. The van der Waals surface area contributed by atoms with Gasteiger partial charge in [0.25, 0.3) is 0 Å². The molecular formula is C13H15NO2S2. The summed E-state index contributed by atoms with van der Waals surface area (Å²) < 4.78 is 11.4. The number of nitrogens with one attached hydrogen (secondary N) is 1. The van der Waals surface area contributed by atoms with Gasteiger partial charge in [-0.2, -0.15) is 0 Å². The lowest BCUT2D eigenvalue weighted by Crippen LogP contribution is -1.91. The molecule has 96 valence electrons. The fourth-order valence-corrected chi connectivity index (χ4v) is 3.03. The average Bonchev–Trinajstić information content (AvgIpc) is 2.79. The standard InChI is InChI=1S/C13H15NO2S2/c1-4-11-12(14-13(17)18-11)8-5-6-9(15-2)10(7-8)16-3/h5-7H,4H2,1-3H3,(H,14,17). The lowest BCUT2D eigenvalue weighted by atomic mass is 10.1. The summed E-state index contributed by atoms with van der Waals surface area (Å²) in [4.78, 5) is 4.49. The summed E-state index contributed by atoms with van der Waals surface area (Å²) in [5.74, 6) is 1.45. The molecule has 5 heteroatoms. The highest BCUT2D eigenvalue weighted by atomic mass is 32.1. The van der Waals surface area contributed by atoms with Crippen LogP contribution >= 0.6 is 23.6 Å². The highest BCUT2D eigenvalue weighted by Crippen LogP contribution is 2.34. The molecule has 1 N–H and O–H groups in total. The van der Waals surface area contributed by atoms with E-state index >= 15 is 0 Å². The van der Waals surface area contributed by atoms with Gasteiger partial charge in [-0.25, -0.2) is 0 Å². The van der Waals surface area contributed by atoms with Gasteiger partial charge in [-0.3, -0.25) is 0 Å². The molecule has 3 nitrogen and oxygen atoms in total. The van der Waals surface area contributed by atoms with Crippen molar-refractivity contribution in [2.24, 2.45) is 0 Å². The number of aromatic nitrogens is 1. The van der Waals surface area contributed by atoms with Crippen LogP contribution in [0.3, 0.4) is 0 Å². The van der Waals surface area contributed by atoms with E-state index in [1.807, 2.05) is 18.2 Å². The van der Waals surface area contributed by atoms with E-state index in [0.29, 0.717) is 0 Å². The number of hydrogen-bond acceptors (Lipinski definition) is 4. The second-order valence-electron chi connectivity index (χ2n) is 3.74. The fraction of sp³-hybridized carbons (Fsp3) is 0.308. The van der Waals surface area contributed by atoms with Crippen molar-refractivity contribution in [3.05, 3.63) is 27.0 Å². The summed E-state index contributed by atoms with van der Waals surface area (Å²) in [5.41, 5.74) is 2.14. The van der Waals surface area contributed by atoms with Crippen molar-refractivity contribution in [2.45, 2.75) is 13.3 Å². The molecule has 0 amide bonds. The molecule has 1 aromatic carbocycles. The topological polar surface area (TPSA) is 34.2 Å². The molecule has 0 bridgehead atoms. The van der Waals surface area contributed by atoms with Gasteiger partial charge in [0.15, 0.2) is 15.5 Å². The minimum Gasteiger partial charge on any atom is -0.493 e. The summed E-state index contributed by atoms with van der Waals surface area (Å²) in [5, 5.41) is 0. The second kappa shape index (κ2) is 5.54. The average molecular weight is 281 g/mol. The van der Waals surface area contributed by atoms with Crippen molar-refractivity contribution < 1.29 is 9.47 Å². The van der Waals surface area contributed by atoms with E-state index in [-0.39, 0.29) is 0 Å². The number of methoxy groups -OCH3 is 2. The Balaban J connectivity index is 2.53. The first-order valence-corrected chi connectivity index (χ1v) is 6.86. The minimum absolute atomic E-state index is 0.725. The molecule has 0 spiro atoms. The minimum atomic E-state index is 0.725. The first-order valence-electron chi connectivity index (χ1n) is 5.64. The molecule has 0 saturated heterocycles. The van der Waals surface area contributed by atoms with Crippen molar-refractivity contribution in [1.82, 2.24) is 4.98 Å². The number of hydrogen-bond donors (Lipinski definition) is 1. The van der Waals surface area contributed by atoms with Crippen LogP contribution in [0.25, 0.3) is 11.3 Å². The Labute approximate surface area is 115 Å². The molecule has 0 aliphatic heterocycles. The lowest BCUT2D eigenvalue weighted by molar-refractivity contribution is 0.355. The van der Waals surface area contributed by atoms with Crippen LogP contribution in [0.2, 0.25) is 0 Å². The summed E-state index contributed by atoms with van der Waals surface area (Å²) in [7, 11) is 3.27. The van der Waals surface area contributed by atoms with Crippen LogP contribution in [0.1, 0.15) is 11.8 Å². The third kappa shape index (κ3) is 2.42. The van der Waals surface area contributed by atoms with Crippen LogP contribution in [0.4, 0.5) is 0 Å². The number of aromatic amines is 1. The van der Waals surface area contributed by atoms with E-state index in [1.54, 1.807) is 25.6 Å². The van der Waals surface area contributed by atoms with Gasteiger partial charge in [0.2, 0.25) is 0 Å². The quantitative estimate of drug-likeness (QED) is 0.858. The monoisotopic (exact) mass is 281 g/mol. The summed E-state index contributed by atoms with van der Waals surface area (Å²) in [6, 6.07) is 5.88. The number of H-pyrrole nitrogens is 1. The van der Waals surface area contributed by atoms with E-state index in [2.05, 4.69) is 11.9 Å². The number of thiazole rings is 1. The Bertz CT molecular complexity index is 601. The molecule has 0 radical (unpaired) electrons. The van der Waals surface area contributed by atoms with E-state index in [1.165, 1.54) is 4.88 Å². The molecule has 0 atom stereocenters. The molecule has 2 aromatic rings. The molecule has 2 rings (SSSR count). The van der Waals surface area contributed by atoms with Crippen molar-refractivity contribution in [2.75, 3.05) is 14.2 Å². The van der Waals surface area contributed by atoms with E-state index in [0.717, 1.165) is 33.1 Å². The molecular weight excluding hydrogens is 266 g/mol. The number of benzene rings is 1. The van der Waals surface area contributed by atoms with Crippen LogP contribution in [0.15, 0.2) is 18.2 Å². The maximum atomic E-state index is 5.32. The van der Waals surface area contributed by atoms with Gasteiger partial charge in [0.05, 0.1) is 19.9 Å². The predicted octanol–water partition coefficient (Wildman–Crippen LogP) is 4.05. The van der Waals surface area contributed by atoms with Crippen molar-refractivity contribution in [3.8, 4) is 22.8 Å². The van der Waals surface area contributed by atoms with E-state index in [4.69, 9.17) is 21.7 Å². The third-order valence-electron chi connectivity index (χ3n) is 2.72. The Morgan fingerprint density at radius 3 is 2.56 bits per heavy atom. The highest BCUT2D eigenvalue weighted by molar-refractivity contribution is 7.73. The van der Waals surface area contributed by atoms with Crippen LogP contribution in [-0.4, -0.2) is 19.2 Å². The van der Waals surface area contributed by atoms with Crippen molar-refractivity contribution in [1.29, 1.82) is 0 Å². The zero-order chi connectivity index (χ0) is 13.1. The van der Waals surface area contributed by atoms with Crippen LogP contribution in [0, 0.1) is 3.95 Å². The molecule has 0 aliphatic carbocycles. The summed E-state index contributed by atoms with van der Waals surface area (Å²) >= 11 is 6.82. The zero-order valence-electron chi connectivity index (χ0n) is 10.6. The number of aryl methyl sites for hydroxylation is 1. The van der Waals surface area contributed by atoms with Crippen LogP contribution < -0.4 is 9.47 Å². The van der Waals surface area contributed by atoms with Gasteiger partial charge in [0, 0.05) is 10.4 Å². The van der Waals surface area contributed by atoms with Gasteiger partial charge in [-0.05, 0) is 36.8 Å². The first-order chi connectivity index (χ1) is 8.69. The van der Waals surface area contributed by atoms with Gasteiger partial charge in [0.1, 0.15) is 0 Å². The number of rotatable bonds is 4. The SMILES string of the molecule is CCc1sc(=S)[nH]c1-c1ccc(OC)c(OC)c1. The molecule has 0 unspecified atom stereocenters. The maximum absolute atomic E-state index is 5.32. The number of ether oxygens (including phenoxy) is 2. The Morgan fingerprint density at radius 2 is 1.94 bits per heavy atom. The van der Waals surface area contributed by atoms with E-state index < -0.39 is 0 Å². The van der Waals surface area contributed by atoms with Gasteiger partial charge >= 0.3 is 0 Å². The van der Waals surface area contributed by atoms with Gasteiger partial charge < -0.3 is 14.5 Å². The molecule has 18 heavy (non-hydrogen) atoms. The van der Waals surface area contributed by atoms with Crippen LogP contribution in [-0.2, 0) is 6.42 Å². The molecule has 0 saturated carbocycles. The van der Waals surface area contributed by atoms with Gasteiger partial charge in [-0.15, -0.1) is 11.3 Å². The smallest absolute Gasteiger partial charge is 0.161 e. The van der Waals surface area contributed by atoms with Gasteiger partial charge in [-0.1, -0.05) is 6.92 Å². The fourth-order valence-electron chi connectivity index (χ4n) is 1.83. The maximum Gasteiger partial charge on any atom is 0.161 e. The highest BCUT2D eigenvalue weighted by Gasteiger charge is 2.11. The molecule has 1 aromatic heterocycles. The first kappa shape index (κ1) is 13.1.